The van der Waals surface area contributed by atoms with Crippen molar-refractivity contribution in [3.8, 4) is 0 Å². The highest BCUT2D eigenvalue weighted by molar-refractivity contribution is 6.46. The third-order valence-corrected chi connectivity index (χ3v) is 4.72. The molecule has 0 saturated carbocycles. The number of aryl methyl sites for hydroxylation is 1. The van der Waals surface area contributed by atoms with E-state index in [1.165, 1.54) is 4.90 Å². The number of benzene rings is 1. The third-order valence-electron chi connectivity index (χ3n) is 3.98. The Balaban J connectivity index is 1.97. The summed E-state index contributed by atoms with van der Waals surface area (Å²) in [5, 5.41) is 6.02. The first-order valence-electron chi connectivity index (χ1n) is 8.75. The van der Waals surface area contributed by atoms with E-state index < -0.39 is 17.6 Å². The van der Waals surface area contributed by atoms with Gasteiger partial charge in [0.05, 0.1) is 10.0 Å². The minimum absolute atomic E-state index is 0.0108. The first-order chi connectivity index (χ1) is 14.2. The summed E-state index contributed by atoms with van der Waals surface area (Å²) < 4.78 is 9.75. The molecule has 1 aliphatic heterocycles. The van der Waals surface area contributed by atoms with Gasteiger partial charge in [-0.2, -0.15) is 4.99 Å². The van der Waals surface area contributed by atoms with Gasteiger partial charge in [-0.15, -0.1) is 0 Å². The van der Waals surface area contributed by atoms with Crippen molar-refractivity contribution in [3.05, 3.63) is 50.4 Å². The number of carbonyl (C=O) groups excluding carboxylic acids is 2. The zero-order valence-corrected chi connectivity index (χ0v) is 17.7. The van der Waals surface area contributed by atoms with E-state index in [0.717, 1.165) is 0 Å². The van der Waals surface area contributed by atoms with Crippen molar-refractivity contribution in [2.45, 2.75) is 33.4 Å². The molecule has 30 heavy (non-hydrogen) atoms. The van der Waals surface area contributed by atoms with E-state index >= 15 is 0 Å². The van der Waals surface area contributed by atoms with Crippen molar-refractivity contribution in [2.75, 3.05) is 5.32 Å². The molecule has 10 nitrogen and oxygen atoms in total. The first kappa shape index (κ1) is 21.6. The van der Waals surface area contributed by atoms with E-state index in [0.29, 0.717) is 15.7 Å². The molecule has 1 saturated heterocycles. The van der Waals surface area contributed by atoms with E-state index in [1.54, 1.807) is 39.0 Å². The number of halogens is 2. The molecule has 0 spiro atoms. The second kappa shape index (κ2) is 8.72. The molecule has 1 fully saturated rings. The molecule has 2 aromatic rings. The standard InChI is InChI=1S/C18H17Cl2N5O5/c1-8(2)25-15(27)14(26)23-17(25)24-16(21-7-13-9(3)29-18(28)30-13)22-10-4-5-11(19)12(20)6-10/h4-6,8H,7H2,1-3H3,(H2,21,22,23,24,26). The van der Waals surface area contributed by atoms with Crippen LogP contribution >= 0.6 is 23.2 Å². The summed E-state index contributed by atoms with van der Waals surface area (Å²) in [6.45, 7) is 4.95. The normalized spacial score (nSPS) is 16.0. The summed E-state index contributed by atoms with van der Waals surface area (Å²) in [5.41, 5.74) is 0.504. The fourth-order valence-corrected chi connectivity index (χ4v) is 2.85. The zero-order chi connectivity index (χ0) is 22.0. The number of nitrogens with zero attached hydrogens (tertiary/aromatic N) is 3. The van der Waals surface area contributed by atoms with Crippen molar-refractivity contribution >= 4 is 52.6 Å². The number of aliphatic imine (C=N–C) groups is 2. The molecule has 0 unspecified atom stereocenters. The van der Waals surface area contributed by atoms with E-state index in [1.807, 2.05) is 0 Å². The highest BCUT2D eigenvalue weighted by Crippen LogP contribution is 2.25. The molecule has 2 heterocycles. The number of carbonyl (C=O) groups is 2. The lowest BCUT2D eigenvalue weighted by atomic mass is 10.3. The summed E-state index contributed by atoms with van der Waals surface area (Å²) in [7, 11) is 0. The van der Waals surface area contributed by atoms with E-state index in [9.17, 15) is 14.4 Å². The lowest BCUT2D eigenvalue weighted by molar-refractivity contribution is -0.140. The van der Waals surface area contributed by atoms with Crippen molar-refractivity contribution in [2.24, 2.45) is 9.98 Å². The van der Waals surface area contributed by atoms with Crippen LogP contribution in [0.4, 0.5) is 5.69 Å². The average molecular weight is 454 g/mol. The number of rotatable bonds is 4. The van der Waals surface area contributed by atoms with Crippen molar-refractivity contribution < 1.29 is 18.4 Å². The number of guanidine groups is 2. The largest absolute Gasteiger partial charge is 0.519 e. The molecular weight excluding hydrogens is 437 g/mol. The van der Waals surface area contributed by atoms with Gasteiger partial charge < -0.3 is 14.2 Å². The molecule has 1 aromatic carbocycles. The van der Waals surface area contributed by atoms with Crippen LogP contribution in [0.2, 0.25) is 10.0 Å². The second-order valence-electron chi connectivity index (χ2n) is 6.49. The summed E-state index contributed by atoms with van der Waals surface area (Å²) in [6, 6.07) is 4.46. The van der Waals surface area contributed by atoms with E-state index in [4.69, 9.17) is 32.0 Å². The number of hydrogen-bond acceptors (Lipinski definition) is 6. The second-order valence-corrected chi connectivity index (χ2v) is 7.30. The van der Waals surface area contributed by atoms with Crippen LogP contribution < -0.4 is 16.5 Å². The van der Waals surface area contributed by atoms with Gasteiger partial charge in [-0.3, -0.25) is 19.8 Å². The number of hydrogen-bond donors (Lipinski definition) is 2. The highest BCUT2D eigenvalue weighted by atomic mass is 35.5. The molecule has 12 heteroatoms. The van der Waals surface area contributed by atoms with Gasteiger partial charge in [-0.05, 0) is 39.0 Å². The first-order valence-corrected chi connectivity index (χ1v) is 9.50. The molecule has 1 aromatic heterocycles. The monoisotopic (exact) mass is 453 g/mol. The maximum absolute atomic E-state index is 12.1. The number of nitrogens with one attached hydrogen (secondary N) is 2. The van der Waals surface area contributed by atoms with E-state index in [2.05, 4.69) is 20.6 Å². The Morgan fingerprint density at radius 2 is 1.93 bits per heavy atom. The van der Waals surface area contributed by atoms with Crippen LogP contribution in [0.15, 0.2) is 41.8 Å². The third kappa shape index (κ3) is 4.71. The highest BCUT2D eigenvalue weighted by Gasteiger charge is 2.37. The maximum Gasteiger partial charge on any atom is 0.519 e. The zero-order valence-electron chi connectivity index (χ0n) is 16.2. The van der Waals surface area contributed by atoms with Gasteiger partial charge in [-0.1, -0.05) is 23.2 Å². The topological polar surface area (TPSA) is 130 Å². The SMILES string of the molecule is Cc1oc(=O)oc1CN=C(/N=C1\NC(=O)C(=O)N1C(C)C)Nc1ccc(Cl)c(Cl)c1. The Bertz CT molecular complexity index is 1120. The predicted molar refractivity (Wildman–Crippen MR) is 111 cm³/mol. The molecule has 0 radical (unpaired) electrons. The minimum Gasteiger partial charge on any atom is -0.396 e. The molecular formula is C18H17Cl2N5O5. The summed E-state index contributed by atoms with van der Waals surface area (Å²) in [6.07, 6.45) is 0. The van der Waals surface area contributed by atoms with E-state index in [-0.39, 0.29) is 36.0 Å². The Morgan fingerprint density at radius 1 is 1.20 bits per heavy atom. The van der Waals surface area contributed by atoms with Crippen LogP contribution in [0, 0.1) is 6.92 Å². The van der Waals surface area contributed by atoms with Crippen LogP contribution in [-0.2, 0) is 16.1 Å². The van der Waals surface area contributed by atoms with Gasteiger partial charge in [0.15, 0.2) is 5.76 Å². The summed E-state index contributed by atoms with van der Waals surface area (Å²) in [4.78, 5) is 44.9. The Kier molecular flexibility index (Phi) is 6.28. The van der Waals surface area contributed by atoms with Gasteiger partial charge in [0.2, 0.25) is 11.9 Å². The molecule has 0 aliphatic carbocycles. The van der Waals surface area contributed by atoms with Gasteiger partial charge >= 0.3 is 17.6 Å². The molecule has 158 valence electrons. The van der Waals surface area contributed by atoms with Crippen LogP contribution in [0.1, 0.15) is 25.4 Å². The van der Waals surface area contributed by atoms with Crippen molar-refractivity contribution in [3.63, 3.8) is 0 Å². The number of amides is 2. The van der Waals surface area contributed by atoms with Crippen molar-refractivity contribution in [1.29, 1.82) is 0 Å². The predicted octanol–water partition coefficient (Wildman–Crippen LogP) is 2.54. The minimum atomic E-state index is -0.845. The van der Waals surface area contributed by atoms with Crippen LogP contribution in [0.3, 0.4) is 0 Å². The molecule has 0 bridgehead atoms. The van der Waals surface area contributed by atoms with Crippen LogP contribution in [-0.4, -0.2) is 34.7 Å². The van der Waals surface area contributed by atoms with Gasteiger partial charge in [0.25, 0.3) is 0 Å². The Hall–Kier alpha value is -3.11. The Labute approximate surface area is 180 Å². The maximum atomic E-state index is 12.1. The van der Waals surface area contributed by atoms with Gasteiger partial charge in [0, 0.05) is 11.7 Å². The van der Waals surface area contributed by atoms with Gasteiger partial charge in [0.1, 0.15) is 12.3 Å². The molecule has 3 rings (SSSR count). The van der Waals surface area contributed by atoms with Crippen molar-refractivity contribution in [1.82, 2.24) is 10.2 Å². The fourth-order valence-electron chi connectivity index (χ4n) is 2.55. The van der Waals surface area contributed by atoms with Crippen LogP contribution in [0.5, 0.6) is 0 Å². The summed E-state index contributed by atoms with van der Waals surface area (Å²) in [5.74, 6) is -1.85. The molecule has 1 aliphatic rings. The van der Waals surface area contributed by atoms with Crippen LogP contribution in [0.25, 0.3) is 0 Å². The average Bonchev–Trinajstić information content (AvgIpc) is 3.13. The molecule has 2 amide bonds. The fraction of sp³-hybridized carbons (Fsp3) is 0.278. The lowest BCUT2D eigenvalue weighted by Gasteiger charge is -2.19. The Morgan fingerprint density at radius 3 is 2.53 bits per heavy atom. The smallest absolute Gasteiger partial charge is 0.396 e. The molecule has 2 N–H and O–H groups in total. The summed E-state index contributed by atoms with van der Waals surface area (Å²) >= 11 is 12.0. The number of anilines is 1. The van der Waals surface area contributed by atoms with Gasteiger partial charge in [-0.25, -0.2) is 9.79 Å². The quantitative estimate of drug-likeness (QED) is 0.415. The molecule has 0 atom stereocenters. The lowest BCUT2D eigenvalue weighted by Crippen LogP contribution is -2.39.